The molecule has 5 rings (SSSR count). The van der Waals surface area contributed by atoms with Crippen molar-refractivity contribution in [1.82, 2.24) is 14.8 Å². The van der Waals surface area contributed by atoms with Crippen LogP contribution in [0.5, 0.6) is 0 Å². The van der Waals surface area contributed by atoms with E-state index in [1.165, 1.54) is 46.7 Å². The summed E-state index contributed by atoms with van der Waals surface area (Å²) in [5.41, 5.74) is 7.79. The average Bonchev–Trinajstić information content (AvgIpc) is 3.35. The lowest BCUT2D eigenvalue weighted by Crippen LogP contribution is -2.44. The Hall–Kier alpha value is -2.24. The zero-order valence-corrected chi connectivity index (χ0v) is 17.6. The summed E-state index contributed by atoms with van der Waals surface area (Å²) in [6.07, 6.45) is 5.36. The number of para-hydroxylation sites is 1. The van der Waals surface area contributed by atoms with Crippen LogP contribution in [0.1, 0.15) is 35.7 Å². The SMILES string of the molecule is Cc1cccnc1C1CCCN1CC1=Nc2c(cccc2N2CCN(C)CC2)C1. The lowest BCUT2D eigenvalue weighted by molar-refractivity contribution is 0.287. The van der Waals surface area contributed by atoms with Gasteiger partial charge in [-0.1, -0.05) is 18.2 Å². The van der Waals surface area contributed by atoms with Gasteiger partial charge in [0.05, 0.1) is 23.1 Å². The van der Waals surface area contributed by atoms with Crippen LogP contribution >= 0.6 is 0 Å². The van der Waals surface area contributed by atoms with Crippen LogP contribution in [0.25, 0.3) is 0 Å². The zero-order chi connectivity index (χ0) is 19.8. The molecule has 0 aliphatic carbocycles. The molecule has 0 amide bonds. The smallest absolute Gasteiger partial charge is 0.0898 e. The van der Waals surface area contributed by atoms with E-state index in [-0.39, 0.29) is 0 Å². The maximum atomic E-state index is 5.16. The fourth-order valence-corrected chi connectivity index (χ4v) is 5.07. The molecule has 0 spiro atoms. The van der Waals surface area contributed by atoms with E-state index in [2.05, 4.69) is 52.9 Å². The quantitative estimate of drug-likeness (QED) is 0.800. The number of hydrogen-bond acceptors (Lipinski definition) is 5. The normalized spacial score (nSPS) is 22.8. The maximum absolute atomic E-state index is 5.16. The van der Waals surface area contributed by atoms with Gasteiger partial charge in [-0.2, -0.15) is 0 Å². The van der Waals surface area contributed by atoms with Gasteiger partial charge in [-0.05, 0) is 56.6 Å². The predicted octanol–water partition coefficient (Wildman–Crippen LogP) is 3.61. The molecule has 4 heterocycles. The van der Waals surface area contributed by atoms with Crippen LogP contribution in [0.15, 0.2) is 41.5 Å². The first-order valence-electron chi connectivity index (χ1n) is 11.0. The van der Waals surface area contributed by atoms with E-state index in [1.54, 1.807) is 0 Å². The van der Waals surface area contributed by atoms with E-state index < -0.39 is 0 Å². The summed E-state index contributed by atoms with van der Waals surface area (Å²) >= 11 is 0. The number of piperazine rings is 1. The molecule has 1 aromatic heterocycles. The Kier molecular flexibility index (Phi) is 5.10. The third-order valence-electron chi connectivity index (χ3n) is 6.72. The maximum Gasteiger partial charge on any atom is 0.0898 e. The number of pyridine rings is 1. The minimum absolute atomic E-state index is 0.430. The van der Waals surface area contributed by atoms with E-state index in [0.29, 0.717) is 6.04 Å². The minimum Gasteiger partial charge on any atom is -0.367 e. The Morgan fingerprint density at radius 2 is 1.90 bits per heavy atom. The number of nitrogens with zero attached hydrogens (tertiary/aromatic N) is 5. The first kappa shape index (κ1) is 18.8. The monoisotopic (exact) mass is 389 g/mol. The van der Waals surface area contributed by atoms with Crippen LogP contribution < -0.4 is 4.90 Å². The van der Waals surface area contributed by atoms with Crippen molar-refractivity contribution < 1.29 is 0 Å². The molecule has 1 atom stereocenters. The summed E-state index contributed by atoms with van der Waals surface area (Å²) in [5, 5.41) is 0. The molecule has 0 saturated carbocycles. The molecule has 2 fully saturated rings. The summed E-state index contributed by atoms with van der Waals surface area (Å²) in [7, 11) is 2.21. The van der Waals surface area contributed by atoms with Crippen LogP contribution in [-0.4, -0.2) is 66.8 Å². The van der Waals surface area contributed by atoms with Crippen molar-refractivity contribution in [2.75, 3.05) is 51.2 Å². The van der Waals surface area contributed by atoms with E-state index in [1.807, 2.05) is 12.3 Å². The molecule has 1 unspecified atom stereocenters. The number of fused-ring (bicyclic) bond motifs is 1. The molecule has 2 aromatic rings. The van der Waals surface area contributed by atoms with Gasteiger partial charge < -0.3 is 9.80 Å². The number of likely N-dealkylation sites (tertiary alicyclic amines) is 1. The summed E-state index contributed by atoms with van der Waals surface area (Å²) in [6.45, 7) is 8.71. The van der Waals surface area contributed by atoms with Gasteiger partial charge in [0.15, 0.2) is 0 Å². The molecule has 152 valence electrons. The third-order valence-corrected chi connectivity index (χ3v) is 6.72. The third kappa shape index (κ3) is 3.69. The largest absolute Gasteiger partial charge is 0.367 e. The number of aliphatic imine (C=N–C) groups is 1. The minimum atomic E-state index is 0.430. The van der Waals surface area contributed by atoms with Crippen LogP contribution in [0, 0.1) is 6.92 Å². The molecule has 3 aliphatic heterocycles. The van der Waals surface area contributed by atoms with Crippen LogP contribution in [0.2, 0.25) is 0 Å². The van der Waals surface area contributed by atoms with Gasteiger partial charge in [0.1, 0.15) is 0 Å². The number of aryl methyl sites for hydroxylation is 1. The summed E-state index contributed by atoms with van der Waals surface area (Å²) in [4.78, 5) is 17.4. The number of likely N-dealkylation sites (N-methyl/N-ethyl adjacent to an activating group) is 1. The van der Waals surface area contributed by atoms with Gasteiger partial charge in [-0.25, -0.2) is 0 Å². The number of benzene rings is 1. The molecule has 0 bridgehead atoms. The summed E-state index contributed by atoms with van der Waals surface area (Å²) in [5.74, 6) is 0. The van der Waals surface area contributed by atoms with Gasteiger partial charge in [-0.3, -0.25) is 14.9 Å². The first-order chi connectivity index (χ1) is 14.2. The number of anilines is 1. The van der Waals surface area contributed by atoms with Crippen molar-refractivity contribution in [2.45, 2.75) is 32.2 Å². The molecular formula is C24H31N5. The average molecular weight is 390 g/mol. The summed E-state index contributed by atoms with van der Waals surface area (Å²) in [6, 6.07) is 11.4. The van der Waals surface area contributed by atoms with Crippen molar-refractivity contribution in [3.8, 4) is 0 Å². The highest BCUT2D eigenvalue weighted by Crippen LogP contribution is 2.39. The fourth-order valence-electron chi connectivity index (χ4n) is 5.07. The fraction of sp³-hybridized carbons (Fsp3) is 0.500. The first-order valence-corrected chi connectivity index (χ1v) is 11.0. The number of aromatic nitrogens is 1. The van der Waals surface area contributed by atoms with Crippen molar-refractivity contribution >= 4 is 17.1 Å². The lowest BCUT2D eigenvalue weighted by atomic mass is 10.0. The van der Waals surface area contributed by atoms with Crippen LogP contribution in [-0.2, 0) is 6.42 Å². The van der Waals surface area contributed by atoms with Crippen LogP contribution in [0.4, 0.5) is 11.4 Å². The van der Waals surface area contributed by atoms with Crippen molar-refractivity contribution in [2.24, 2.45) is 4.99 Å². The van der Waals surface area contributed by atoms with Crippen LogP contribution in [0.3, 0.4) is 0 Å². The Bertz CT molecular complexity index is 913. The molecule has 1 aromatic carbocycles. The number of rotatable bonds is 4. The molecule has 5 heteroatoms. The predicted molar refractivity (Wildman–Crippen MR) is 119 cm³/mol. The van der Waals surface area contributed by atoms with Crippen molar-refractivity contribution in [3.05, 3.63) is 53.3 Å². The second-order valence-electron chi connectivity index (χ2n) is 8.76. The molecule has 0 N–H and O–H groups in total. The van der Waals surface area contributed by atoms with Gasteiger partial charge >= 0.3 is 0 Å². The van der Waals surface area contributed by atoms with Gasteiger partial charge in [-0.15, -0.1) is 0 Å². The van der Waals surface area contributed by atoms with E-state index in [4.69, 9.17) is 9.98 Å². The highest BCUT2D eigenvalue weighted by Gasteiger charge is 2.30. The van der Waals surface area contributed by atoms with Gasteiger partial charge in [0.2, 0.25) is 0 Å². The van der Waals surface area contributed by atoms with E-state index >= 15 is 0 Å². The van der Waals surface area contributed by atoms with Gasteiger partial charge in [0, 0.05) is 51.1 Å². The Labute approximate surface area is 174 Å². The zero-order valence-electron chi connectivity index (χ0n) is 17.6. The highest BCUT2D eigenvalue weighted by atomic mass is 15.3. The molecule has 29 heavy (non-hydrogen) atoms. The topological polar surface area (TPSA) is 35.0 Å². The lowest BCUT2D eigenvalue weighted by Gasteiger charge is -2.34. The standard InChI is InChI=1S/C24H31N5/c1-18-6-4-10-25-23(18)21-9-5-11-29(21)17-20-16-19-7-3-8-22(24(19)26-20)28-14-12-27(2)13-15-28/h3-4,6-8,10,21H,5,9,11-17H2,1-2H3. The molecular weight excluding hydrogens is 358 g/mol. The Morgan fingerprint density at radius 3 is 2.72 bits per heavy atom. The summed E-state index contributed by atoms with van der Waals surface area (Å²) < 4.78 is 0. The molecule has 0 radical (unpaired) electrons. The molecule has 2 saturated heterocycles. The molecule has 3 aliphatic rings. The highest BCUT2D eigenvalue weighted by molar-refractivity contribution is 5.98. The Morgan fingerprint density at radius 1 is 1.03 bits per heavy atom. The second-order valence-corrected chi connectivity index (χ2v) is 8.76. The number of hydrogen-bond donors (Lipinski definition) is 0. The van der Waals surface area contributed by atoms with Gasteiger partial charge in [0.25, 0.3) is 0 Å². The second kappa shape index (κ2) is 7.88. The van der Waals surface area contributed by atoms with E-state index in [0.717, 1.165) is 45.7 Å². The molecule has 5 nitrogen and oxygen atoms in total. The van der Waals surface area contributed by atoms with Crippen molar-refractivity contribution in [1.29, 1.82) is 0 Å². The van der Waals surface area contributed by atoms with Crippen molar-refractivity contribution in [3.63, 3.8) is 0 Å². The van der Waals surface area contributed by atoms with E-state index in [9.17, 15) is 0 Å². The Balaban J connectivity index is 1.35.